The summed E-state index contributed by atoms with van der Waals surface area (Å²) in [5.41, 5.74) is 4.41. The minimum atomic E-state index is -0.649. The molecule has 0 spiro atoms. The van der Waals surface area contributed by atoms with Gasteiger partial charge in [0, 0.05) is 5.69 Å². The molecule has 2 aromatic rings. The van der Waals surface area contributed by atoms with Gasteiger partial charge in [-0.2, -0.15) is 0 Å². The van der Waals surface area contributed by atoms with Crippen LogP contribution in [0.3, 0.4) is 0 Å². The summed E-state index contributed by atoms with van der Waals surface area (Å²) in [5.74, 6) is -1.02. The second kappa shape index (κ2) is 10.6. The van der Waals surface area contributed by atoms with Gasteiger partial charge in [0.1, 0.15) is 0 Å². The fraction of sp³-hybridized carbons (Fsp3) is 0.375. The largest absolute Gasteiger partial charge is 0.452 e. The van der Waals surface area contributed by atoms with Crippen molar-refractivity contribution in [2.75, 3.05) is 18.5 Å². The van der Waals surface area contributed by atoms with Crippen molar-refractivity contribution in [3.05, 3.63) is 64.7 Å². The first-order valence-electron chi connectivity index (χ1n) is 10.6. The number of carbonyl (C=O) groups is 3. The highest BCUT2D eigenvalue weighted by atomic mass is 16.5. The SMILES string of the molecule is CCOC(=O)Nc1cccc(C(=O)OCC(=O)NC(C)c2ccc3c(c2)CCCC3)c1. The number of fused-ring (bicyclic) bond motifs is 1. The molecule has 0 radical (unpaired) electrons. The quantitative estimate of drug-likeness (QED) is 0.651. The fourth-order valence-electron chi connectivity index (χ4n) is 3.61. The number of hydrogen-bond acceptors (Lipinski definition) is 5. The Morgan fingerprint density at radius 2 is 1.77 bits per heavy atom. The number of carbonyl (C=O) groups excluding carboxylic acids is 3. The molecule has 2 N–H and O–H groups in total. The van der Waals surface area contributed by atoms with Gasteiger partial charge in [-0.25, -0.2) is 9.59 Å². The summed E-state index contributed by atoms with van der Waals surface area (Å²) in [4.78, 5) is 36.1. The van der Waals surface area contributed by atoms with Gasteiger partial charge in [-0.3, -0.25) is 10.1 Å². The van der Waals surface area contributed by atoms with E-state index in [0.717, 1.165) is 18.4 Å². The van der Waals surface area contributed by atoms with E-state index in [1.54, 1.807) is 25.1 Å². The number of esters is 1. The first-order valence-corrected chi connectivity index (χ1v) is 10.6. The van der Waals surface area contributed by atoms with E-state index in [4.69, 9.17) is 9.47 Å². The summed E-state index contributed by atoms with van der Waals surface area (Å²) in [6.45, 7) is 3.47. The number of amides is 2. The van der Waals surface area contributed by atoms with Crippen molar-refractivity contribution in [3.63, 3.8) is 0 Å². The van der Waals surface area contributed by atoms with Crippen LogP contribution in [0.2, 0.25) is 0 Å². The van der Waals surface area contributed by atoms with Crippen LogP contribution < -0.4 is 10.6 Å². The molecule has 0 saturated carbocycles. The third-order valence-corrected chi connectivity index (χ3v) is 5.20. The van der Waals surface area contributed by atoms with Crippen molar-refractivity contribution >= 4 is 23.7 Å². The van der Waals surface area contributed by atoms with Crippen LogP contribution in [-0.2, 0) is 27.1 Å². The number of rotatable bonds is 7. The van der Waals surface area contributed by atoms with Crippen LogP contribution in [-0.4, -0.2) is 31.2 Å². The molecule has 0 aromatic heterocycles. The van der Waals surface area contributed by atoms with Crippen molar-refractivity contribution in [2.24, 2.45) is 0 Å². The molecule has 164 valence electrons. The Kier molecular flexibility index (Phi) is 7.65. The third kappa shape index (κ3) is 6.31. The molecule has 0 aliphatic heterocycles. The van der Waals surface area contributed by atoms with Crippen molar-refractivity contribution in [1.29, 1.82) is 0 Å². The van der Waals surface area contributed by atoms with Gasteiger partial charge in [-0.1, -0.05) is 24.3 Å². The maximum absolute atomic E-state index is 12.3. The normalized spacial score (nSPS) is 13.5. The lowest BCUT2D eigenvalue weighted by Crippen LogP contribution is -2.31. The second-order valence-electron chi connectivity index (χ2n) is 7.53. The van der Waals surface area contributed by atoms with Gasteiger partial charge >= 0.3 is 12.1 Å². The lowest BCUT2D eigenvalue weighted by atomic mass is 9.89. The molecular formula is C24H28N2O5. The predicted octanol–water partition coefficient (Wildman–Crippen LogP) is 4.17. The van der Waals surface area contributed by atoms with Crippen molar-refractivity contribution in [1.82, 2.24) is 5.32 Å². The molecule has 0 fully saturated rings. The van der Waals surface area contributed by atoms with E-state index in [-0.39, 0.29) is 30.7 Å². The van der Waals surface area contributed by atoms with Crippen molar-refractivity contribution < 1.29 is 23.9 Å². The molecule has 2 amide bonds. The average Bonchev–Trinajstić information content (AvgIpc) is 2.77. The summed E-state index contributed by atoms with van der Waals surface area (Å²) >= 11 is 0. The molecule has 1 aliphatic carbocycles. The molecular weight excluding hydrogens is 396 g/mol. The molecule has 0 saturated heterocycles. The monoisotopic (exact) mass is 424 g/mol. The summed E-state index contributed by atoms with van der Waals surface area (Å²) in [5, 5.41) is 5.39. The number of anilines is 1. The highest BCUT2D eigenvalue weighted by Crippen LogP contribution is 2.24. The molecule has 3 rings (SSSR count). The van der Waals surface area contributed by atoms with E-state index >= 15 is 0 Å². The topological polar surface area (TPSA) is 93.7 Å². The second-order valence-corrected chi connectivity index (χ2v) is 7.53. The zero-order chi connectivity index (χ0) is 22.2. The molecule has 1 unspecified atom stereocenters. The van der Waals surface area contributed by atoms with Gasteiger partial charge in [0.05, 0.1) is 18.2 Å². The Labute approximate surface area is 182 Å². The van der Waals surface area contributed by atoms with E-state index in [0.29, 0.717) is 5.69 Å². The predicted molar refractivity (Wildman–Crippen MR) is 117 cm³/mol. The molecule has 7 heteroatoms. The van der Waals surface area contributed by atoms with Gasteiger partial charge in [0.15, 0.2) is 6.61 Å². The zero-order valence-corrected chi connectivity index (χ0v) is 17.9. The average molecular weight is 424 g/mol. The van der Waals surface area contributed by atoms with Crippen LogP contribution in [0.25, 0.3) is 0 Å². The Morgan fingerprint density at radius 3 is 2.55 bits per heavy atom. The van der Waals surface area contributed by atoms with Crippen LogP contribution in [0.15, 0.2) is 42.5 Å². The molecule has 31 heavy (non-hydrogen) atoms. The number of benzene rings is 2. The first-order chi connectivity index (χ1) is 15.0. The molecule has 7 nitrogen and oxygen atoms in total. The third-order valence-electron chi connectivity index (χ3n) is 5.20. The van der Waals surface area contributed by atoms with Crippen LogP contribution >= 0.6 is 0 Å². The number of hydrogen-bond donors (Lipinski definition) is 2. The molecule has 1 aliphatic rings. The van der Waals surface area contributed by atoms with Crippen LogP contribution in [0, 0.1) is 0 Å². The fourth-order valence-corrected chi connectivity index (χ4v) is 3.61. The Morgan fingerprint density at radius 1 is 1.00 bits per heavy atom. The maximum Gasteiger partial charge on any atom is 0.411 e. The van der Waals surface area contributed by atoms with E-state index in [2.05, 4.69) is 22.8 Å². The Bertz CT molecular complexity index is 957. The van der Waals surface area contributed by atoms with E-state index in [9.17, 15) is 14.4 Å². The minimum absolute atomic E-state index is 0.185. The summed E-state index contributed by atoms with van der Waals surface area (Å²) in [7, 11) is 0. The lowest BCUT2D eigenvalue weighted by molar-refractivity contribution is -0.124. The van der Waals surface area contributed by atoms with Crippen molar-refractivity contribution in [3.8, 4) is 0 Å². The van der Waals surface area contributed by atoms with Gasteiger partial charge in [-0.15, -0.1) is 0 Å². The van der Waals surface area contributed by atoms with E-state index in [1.807, 2.05) is 13.0 Å². The lowest BCUT2D eigenvalue weighted by Gasteiger charge is -2.20. The van der Waals surface area contributed by atoms with Crippen LogP contribution in [0.1, 0.15) is 59.8 Å². The smallest absolute Gasteiger partial charge is 0.411 e. The Balaban J connectivity index is 1.51. The Hall–Kier alpha value is -3.35. The number of nitrogens with one attached hydrogen (secondary N) is 2. The first kappa shape index (κ1) is 22.3. The molecule has 2 aromatic carbocycles. The molecule has 0 bridgehead atoms. The highest BCUT2D eigenvalue weighted by Gasteiger charge is 2.16. The number of aryl methyl sites for hydroxylation is 2. The van der Waals surface area contributed by atoms with Crippen LogP contribution in [0.4, 0.5) is 10.5 Å². The minimum Gasteiger partial charge on any atom is -0.452 e. The van der Waals surface area contributed by atoms with Gasteiger partial charge in [0.2, 0.25) is 0 Å². The highest BCUT2D eigenvalue weighted by molar-refractivity contribution is 5.93. The van der Waals surface area contributed by atoms with E-state index < -0.39 is 12.1 Å². The summed E-state index contributed by atoms with van der Waals surface area (Å²) in [6, 6.07) is 12.4. The summed E-state index contributed by atoms with van der Waals surface area (Å²) < 4.78 is 9.94. The van der Waals surface area contributed by atoms with Crippen LogP contribution in [0.5, 0.6) is 0 Å². The molecule has 1 atom stereocenters. The van der Waals surface area contributed by atoms with E-state index in [1.165, 1.54) is 30.0 Å². The van der Waals surface area contributed by atoms with Gasteiger partial charge in [-0.05, 0) is 74.4 Å². The zero-order valence-electron chi connectivity index (χ0n) is 17.9. The van der Waals surface area contributed by atoms with Gasteiger partial charge in [0.25, 0.3) is 5.91 Å². The standard InChI is InChI=1S/C24H28N2O5/c1-3-30-24(29)26-21-10-6-9-20(14-21)23(28)31-15-22(27)25-16(2)18-12-11-17-7-4-5-8-19(17)13-18/h6,9-14,16H,3-5,7-8,15H2,1-2H3,(H,25,27)(H,26,29). The summed E-state index contributed by atoms with van der Waals surface area (Å²) in [6.07, 6.45) is 4.01. The maximum atomic E-state index is 12.3. The molecule has 0 heterocycles. The number of ether oxygens (including phenoxy) is 2. The van der Waals surface area contributed by atoms with Gasteiger partial charge < -0.3 is 14.8 Å². The van der Waals surface area contributed by atoms with Crippen molar-refractivity contribution in [2.45, 2.75) is 45.6 Å².